The highest BCUT2D eigenvalue weighted by atomic mass is 32.2. The summed E-state index contributed by atoms with van der Waals surface area (Å²) in [6, 6.07) is 0. The summed E-state index contributed by atoms with van der Waals surface area (Å²) in [5.41, 5.74) is 2.10. The fourth-order valence-corrected chi connectivity index (χ4v) is 0.727. The van der Waals surface area contributed by atoms with Gasteiger partial charge in [0.25, 0.3) is 10.1 Å². The first kappa shape index (κ1) is 63.3. The molecule has 0 rings (SSSR count). The van der Waals surface area contributed by atoms with Crippen LogP contribution in [0.5, 0.6) is 0 Å². The van der Waals surface area contributed by atoms with Crippen LogP contribution in [-0.4, -0.2) is 124 Å². The van der Waals surface area contributed by atoms with E-state index in [4.69, 9.17) is 9.47 Å². The molecule has 0 spiro atoms. The van der Waals surface area contributed by atoms with Crippen molar-refractivity contribution >= 4 is 20.1 Å². The van der Waals surface area contributed by atoms with Crippen LogP contribution in [0.4, 0.5) is 0 Å². The van der Waals surface area contributed by atoms with E-state index in [0.717, 1.165) is 61.2 Å². The summed E-state index contributed by atoms with van der Waals surface area (Å²) in [6.07, 6.45) is 4.03. The number of hydrogen-bond acceptors (Lipinski definition) is 13. The van der Waals surface area contributed by atoms with Crippen LogP contribution >= 0.6 is 0 Å². The number of nitrogens with zero attached hydrogens (tertiary/aromatic N) is 2. The lowest BCUT2D eigenvalue weighted by Gasteiger charge is -2.13. The van der Waals surface area contributed by atoms with Gasteiger partial charge in [0.15, 0.2) is 5.88 Å². The van der Waals surface area contributed by atoms with Crippen LogP contribution in [0.1, 0.15) is 40.5 Å². The Morgan fingerprint density at radius 1 is 0.646 bits per heavy atom. The molecule has 0 atom stereocenters. The normalized spacial score (nSPS) is 8.54. The third-order valence-corrected chi connectivity index (χ3v) is 5.82. The molecule has 48 heavy (non-hydrogen) atoms. The molecule has 292 valence electrons. The van der Waals surface area contributed by atoms with Crippen LogP contribution in [-0.2, 0) is 38.5 Å². The average Bonchev–Trinajstić information content (AvgIpc) is 3.04. The van der Waals surface area contributed by atoms with Gasteiger partial charge in [-0.1, -0.05) is 46.7 Å². The second-order valence-corrected chi connectivity index (χ2v) is 12.9. The first-order valence-electron chi connectivity index (χ1n) is 14.3. The molecule has 0 bridgehead atoms. The molecule has 14 nitrogen and oxygen atoms in total. The fraction of sp³-hybridized carbons (Fsp3) is 0.625. The summed E-state index contributed by atoms with van der Waals surface area (Å²) in [4.78, 5) is 3.72. The van der Waals surface area contributed by atoms with Crippen LogP contribution in [0.15, 0.2) is 74.1 Å². The van der Waals surface area contributed by atoms with E-state index in [0.29, 0.717) is 5.88 Å². The van der Waals surface area contributed by atoms with Gasteiger partial charge >= 0.3 is 0 Å². The Balaban J connectivity index is -0.0000000637. The summed E-state index contributed by atoms with van der Waals surface area (Å²) < 4.78 is 59.3. The number of ether oxygens (including phenoxy) is 3. The highest BCUT2D eigenvalue weighted by Crippen LogP contribution is 1.93. The maximum absolute atomic E-state index is 9.89. The van der Waals surface area contributed by atoms with Gasteiger partial charge < -0.3 is 40.0 Å². The zero-order chi connectivity index (χ0) is 40.7. The Bertz CT molecular complexity index is 935. The van der Waals surface area contributed by atoms with E-state index in [1.54, 1.807) is 33.2 Å². The number of hydrogen-bond donors (Lipinski definition) is 4. The largest absolute Gasteiger partial charge is 0.502 e. The van der Waals surface area contributed by atoms with Gasteiger partial charge in [0, 0.05) is 61.5 Å². The molecule has 16 heteroatoms. The second-order valence-electron chi connectivity index (χ2n) is 9.17. The Labute approximate surface area is 297 Å². The minimum Gasteiger partial charge on any atom is -0.502 e. The van der Waals surface area contributed by atoms with E-state index in [2.05, 4.69) is 76.0 Å². The molecule has 0 aliphatic rings. The minimum atomic E-state index is -3.16. The third kappa shape index (κ3) is 104. The molecule has 0 amide bonds. The molecule has 0 radical (unpaired) electrons. The first-order valence-corrected chi connectivity index (χ1v) is 18.0. The predicted octanol–water partition coefficient (Wildman–Crippen LogP) is 4.25. The molecule has 4 N–H and O–H groups in total. The van der Waals surface area contributed by atoms with Gasteiger partial charge in [-0.2, -0.15) is 8.42 Å². The molecule has 0 aromatic carbocycles. The van der Waals surface area contributed by atoms with Crippen molar-refractivity contribution in [1.29, 1.82) is 0 Å². The van der Waals surface area contributed by atoms with E-state index in [9.17, 15) is 16.8 Å². The SMILES string of the molecule is C=C(C)NC.C=C(C)OC.C=C(CC)NC.C=C(CC)OC.C=C(NC)N(C)C.C=C(OC)N(C)C.CNS(C)(=O)=O.COS(C)(=O)=O. The zero-order valence-corrected chi connectivity index (χ0v) is 35.3. The quantitative estimate of drug-likeness (QED) is 0.167. The number of allylic oxidation sites excluding steroid dienone is 4. The molecule has 0 aliphatic heterocycles. The minimum absolute atomic E-state index is 0.681. The smallest absolute Gasteiger partial charge is 0.264 e. The van der Waals surface area contributed by atoms with Crippen molar-refractivity contribution in [3.05, 3.63) is 74.1 Å². The van der Waals surface area contributed by atoms with E-state index >= 15 is 0 Å². The van der Waals surface area contributed by atoms with E-state index < -0.39 is 20.1 Å². The van der Waals surface area contributed by atoms with Gasteiger partial charge in [-0.3, -0.25) is 4.18 Å². The summed E-state index contributed by atoms with van der Waals surface area (Å²) >= 11 is 0. The molecular formula is C32H74N6O8S2. The molecule has 0 unspecified atom stereocenters. The lowest BCUT2D eigenvalue weighted by molar-refractivity contribution is 0.196. The van der Waals surface area contributed by atoms with E-state index in [-0.39, 0.29) is 0 Å². The molecule has 0 aromatic heterocycles. The predicted molar refractivity (Wildman–Crippen MR) is 208 cm³/mol. The molecular weight excluding hydrogens is 661 g/mol. The van der Waals surface area contributed by atoms with Crippen molar-refractivity contribution < 1.29 is 35.2 Å². The number of rotatable bonds is 12. The second kappa shape index (κ2) is 43.7. The maximum Gasteiger partial charge on any atom is 0.264 e. The van der Waals surface area contributed by atoms with Gasteiger partial charge in [0.05, 0.1) is 58.3 Å². The van der Waals surface area contributed by atoms with Crippen molar-refractivity contribution in [2.45, 2.75) is 40.5 Å². The molecule has 0 saturated carbocycles. The van der Waals surface area contributed by atoms with Crippen molar-refractivity contribution in [1.82, 2.24) is 30.5 Å². The highest BCUT2D eigenvalue weighted by Gasteiger charge is 1.91. The van der Waals surface area contributed by atoms with E-state index in [1.807, 2.05) is 68.1 Å². The maximum atomic E-state index is 9.89. The van der Waals surface area contributed by atoms with Gasteiger partial charge in [-0.15, -0.1) is 0 Å². The Kier molecular flexibility index (Phi) is 57.6. The number of methoxy groups -OCH3 is 3. The lowest BCUT2D eigenvalue weighted by atomic mass is 10.4. The number of sulfonamides is 1. The van der Waals surface area contributed by atoms with Crippen molar-refractivity contribution in [3.8, 4) is 0 Å². The summed E-state index contributed by atoms with van der Waals surface area (Å²) in [7, 11) is 14.5. The molecule has 0 fully saturated rings. The monoisotopic (exact) mass is 735 g/mol. The molecule has 0 saturated heterocycles. The zero-order valence-electron chi connectivity index (χ0n) is 33.6. The molecule has 0 aliphatic carbocycles. The Morgan fingerprint density at radius 2 is 0.979 bits per heavy atom. The standard InChI is InChI=1S/C5H12N2.C5H11NO.C5H11N.C5H10O.C4H9N.C4H8O.C2H7NO2S.C2H6O3S/c1-5(6-2)7(3)4;1-5(7-4)6(2)3;2*1-4-5(2)6-3;2*1-4(2)5-3;1-3-6(2,4)5;1-5-6(2,3)4/h6H,1H2,2-4H3;1H2,2-4H3;6H,2,4H2,1,3H3;2,4H2,1,3H3;5H,1H2,2-3H3;1H2,2-3H3;3H,1-2H3;1-2H3. The first-order chi connectivity index (χ1) is 21.6. The van der Waals surface area contributed by atoms with Gasteiger partial charge in [-0.05, 0) is 39.6 Å². The molecule has 0 aromatic rings. The van der Waals surface area contributed by atoms with Crippen LogP contribution in [0, 0.1) is 0 Å². The van der Waals surface area contributed by atoms with Crippen LogP contribution in [0.3, 0.4) is 0 Å². The highest BCUT2D eigenvalue weighted by molar-refractivity contribution is 7.88. The average molecular weight is 735 g/mol. The molecule has 0 heterocycles. The van der Waals surface area contributed by atoms with Crippen LogP contribution in [0.2, 0.25) is 0 Å². The van der Waals surface area contributed by atoms with Crippen LogP contribution < -0.4 is 20.7 Å². The van der Waals surface area contributed by atoms with Gasteiger partial charge in [-0.25, -0.2) is 13.1 Å². The van der Waals surface area contributed by atoms with Crippen LogP contribution in [0.25, 0.3) is 0 Å². The topological polar surface area (TPSA) is 160 Å². The van der Waals surface area contributed by atoms with Gasteiger partial charge in [0.2, 0.25) is 10.0 Å². The fourth-order valence-electron chi connectivity index (χ4n) is 0.727. The van der Waals surface area contributed by atoms with Crippen molar-refractivity contribution in [2.75, 3.05) is 97.3 Å². The third-order valence-electron chi connectivity index (χ3n) is 4.47. The summed E-state index contributed by atoms with van der Waals surface area (Å²) in [5.74, 6) is 3.21. The van der Waals surface area contributed by atoms with Crippen molar-refractivity contribution in [2.24, 2.45) is 0 Å². The lowest BCUT2D eigenvalue weighted by Crippen LogP contribution is -2.20. The van der Waals surface area contributed by atoms with Gasteiger partial charge in [0.1, 0.15) is 0 Å². The summed E-state index contributed by atoms with van der Waals surface area (Å²) in [6.45, 7) is 29.3. The Hall–Kier alpha value is -3.34. The number of nitrogens with one attached hydrogen (secondary N) is 4. The Morgan fingerprint density at radius 3 is 0.979 bits per heavy atom. The summed E-state index contributed by atoms with van der Waals surface area (Å²) in [5, 5.41) is 8.65. The van der Waals surface area contributed by atoms with E-state index in [1.165, 1.54) is 7.05 Å². The van der Waals surface area contributed by atoms with Crippen molar-refractivity contribution in [3.63, 3.8) is 0 Å².